The van der Waals surface area contributed by atoms with E-state index in [0.717, 1.165) is 5.69 Å². The summed E-state index contributed by atoms with van der Waals surface area (Å²) in [5.74, 6) is -0.856. The molecule has 1 fully saturated rings. The second kappa shape index (κ2) is 5.20. The highest BCUT2D eigenvalue weighted by Crippen LogP contribution is 2.22. The average Bonchev–Trinajstić information content (AvgIpc) is 2.82. The number of aliphatic hydroxyl groups is 1. The van der Waals surface area contributed by atoms with Crippen LogP contribution in [0.15, 0.2) is 18.2 Å². The zero-order valence-corrected chi connectivity index (χ0v) is 11.7. The lowest BCUT2D eigenvalue weighted by molar-refractivity contribution is -0.134. The highest BCUT2D eigenvalue weighted by molar-refractivity contribution is 5.94. The molecule has 6 heteroatoms. The van der Waals surface area contributed by atoms with Gasteiger partial charge in [-0.15, -0.1) is 0 Å². The van der Waals surface area contributed by atoms with Crippen LogP contribution in [0.2, 0.25) is 0 Å². The second-order valence-corrected chi connectivity index (χ2v) is 5.47. The maximum Gasteiger partial charge on any atom is 0.272 e. The number of carbonyl (C=O) groups excluding carboxylic acids is 2. The molecule has 20 heavy (non-hydrogen) atoms. The van der Waals surface area contributed by atoms with E-state index in [1.807, 2.05) is 19.9 Å². The van der Waals surface area contributed by atoms with Crippen molar-refractivity contribution in [1.29, 1.82) is 0 Å². The molecule has 2 rings (SSSR count). The van der Waals surface area contributed by atoms with E-state index in [1.165, 1.54) is 4.90 Å². The van der Waals surface area contributed by atoms with Crippen LogP contribution in [0.4, 0.5) is 0 Å². The molecule has 0 aromatic carbocycles. The molecule has 1 aliphatic rings. The number of nitrogens with two attached hydrogens (primary N) is 1. The van der Waals surface area contributed by atoms with Crippen LogP contribution in [0.3, 0.4) is 0 Å². The summed E-state index contributed by atoms with van der Waals surface area (Å²) in [4.78, 5) is 29.3. The third-order valence-corrected chi connectivity index (χ3v) is 3.57. The van der Waals surface area contributed by atoms with Crippen LogP contribution in [0.5, 0.6) is 0 Å². The van der Waals surface area contributed by atoms with Gasteiger partial charge in [0.2, 0.25) is 0 Å². The standard InChI is InChI=1S/C14H19N3O3/c1-9(2)10-4-3-5-11(16-10)12(18)17-7-6-14(20,8-17)13(15)19/h3-5,9,20H,6-8H2,1-2H3,(H2,15,19). The largest absolute Gasteiger partial charge is 0.378 e. The summed E-state index contributed by atoms with van der Waals surface area (Å²) in [5.41, 5.74) is 4.69. The Hall–Kier alpha value is -1.95. The normalized spacial score (nSPS) is 22.3. The van der Waals surface area contributed by atoms with Crippen molar-refractivity contribution >= 4 is 11.8 Å². The number of pyridine rings is 1. The summed E-state index contributed by atoms with van der Waals surface area (Å²) < 4.78 is 0. The molecule has 1 aliphatic heterocycles. The molecule has 1 aromatic rings. The summed E-state index contributed by atoms with van der Waals surface area (Å²) in [6, 6.07) is 5.28. The number of rotatable bonds is 3. The van der Waals surface area contributed by atoms with E-state index >= 15 is 0 Å². The Kier molecular flexibility index (Phi) is 3.76. The minimum atomic E-state index is -1.62. The quantitative estimate of drug-likeness (QED) is 0.828. The van der Waals surface area contributed by atoms with Crippen LogP contribution in [-0.2, 0) is 4.79 Å². The number of β-amino-alcohol motifs (C(OH)–C–C–N with tert-alkyl or cyclic N) is 1. The van der Waals surface area contributed by atoms with Gasteiger partial charge in [-0.25, -0.2) is 4.98 Å². The molecule has 0 spiro atoms. The zero-order chi connectivity index (χ0) is 14.9. The molecule has 1 atom stereocenters. The molecule has 1 unspecified atom stereocenters. The van der Waals surface area contributed by atoms with Crippen LogP contribution in [0, 0.1) is 0 Å². The van der Waals surface area contributed by atoms with Gasteiger partial charge in [0, 0.05) is 18.7 Å². The lowest BCUT2D eigenvalue weighted by Crippen LogP contribution is -2.46. The van der Waals surface area contributed by atoms with E-state index < -0.39 is 11.5 Å². The fourth-order valence-corrected chi connectivity index (χ4v) is 2.22. The SMILES string of the molecule is CC(C)c1cccc(C(=O)N2CCC(O)(C(N)=O)C2)n1. The van der Waals surface area contributed by atoms with Crippen molar-refractivity contribution in [3.8, 4) is 0 Å². The monoisotopic (exact) mass is 277 g/mol. The highest BCUT2D eigenvalue weighted by Gasteiger charge is 2.43. The first kappa shape index (κ1) is 14.5. The Morgan fingerprint density at radius 3 is 2.70 bits per heavy atom. The number of amides is 2. The third kappa shape index (κ3) is 2.65. The molecular weight excluding hydrogens is 258 g/mol. The van der Waals surface area contributed by atoms with E-state index in [0.29, 0.717) is 12.2 Å². The van der Waals surface area contributed by atoms with Gasteiger partial charge in [-0.1, -0.05) is 19.9 Å². The van der Waals surface area contributed by atoms with Gasteiger partial charge in [-0.2, -0.15) is 0 Å². The topological polar surface area (TPSA) is 96.5 Å². The molecule has 1 saturated heterocycles. The number of likely N-dealkylation sites (tertiary alicyclic amines) is 1. The van der Waals surface area contributed by atoms with E-state index in [4.69, 9.17) is 5.73 Å². The number of aromatic nitrogens is 1. The average molecular weight is 277 g/mol. The van der Waals surface area contributed by atoms with Crippen molar-refractivity contribution < 1.29 is 14.7 Å². The molecule has 2 heterocycles. The fraction of sp³-hybridized carbons (Fsp3) is 0.500. The lowest BCUT2D eigenvalue weighted by atomic mass is 10.0. The van der Waals surface area contributed by atoms with Gasteiger partial charge >= 0.3 is 0 Å². The smallest absolute Gasteiger partial charge is 0.272 e. The molecule has 0 saturated carbocycles. The zero-order valence-electron chi connectivity index (χ0n) is 11.7. The Labute approximate surface area is 117 Å². The van der Waals surface area contributed by atoms with Gasteiger partial charge in [0.15, 0.2) is 5.60 Å². The summed E-state index contributed by atoms with van der Waals surface area (Å²) in [5, 5.41) is 9.99. The molecular formula is C14H19N3O3. The van der Waals surface area contributed by atoms with Crippen molar-refractivity contribution in [2.45, 2.75) is 31.8 Å². The molecule has 0 bridgehead atoms. The summed E-state index contributed by atoms with van der Waals surface area (Å²) >= 11 is 0. The van der Waals surface area contributed by atoms with Gasteiger partial charge in [-0.05, 0) is 18.1 Å². The van der Waals surface area contributed by atoms with Crippen LogP contribution in [-0.4, -0.2) is 45.5 Å². The van der Waals surface area contributed by atoms with Crippen LogP contribution < -0.4 is 5.73 Å². The first-order valence-electron chi connectivity index (χ1n) is 6.62. The minimum Gasteiger partial charge on any atom is -0.378 e. The summed E-state index contributed by atoms with van der Waals surface area (Å²) in [6.45, 7) is 4.22. The van der Waals surface area contributed by atoms with Crippen molar-refractivity contribution in [2.75, 3.05) is 13.1 Å². The van der Waals surface area contributed by atoms with Crippen LogP contribution in [0.25, 0.3) is 0 Å². The van der Waals surface area contributed by atoms with E-state index in [-0.39, 0.29) is 24.8 Å². The Morgan fingerprint density at radius 1 is 1.45 bits per heavy atom. The first-order chi connectivity index (χ1) is 9.33. The molecule has 2 amide bonds. The van der Waals surface area contributed by atoms with E-state index in [9.17, 15) is 14.7 Å². The molecule has 0 aliphatic carbocycles. The maximum absolute atomic E-state index is 12.3. The Bertz CT molecular complexity index is 544. The molecule has 3 N–H and O–H groups in total. The number of hydrogen-bond acceptors (Lipinski definition) is 4. The van der Waals surface area contributed by atoms with Gasteiger partial charge < -0.3 is 15.7 Å². The highest BCUT2D eigenvalue weighted by atomic mass is 16.3. The number of primary amides is 1. The van der Waals surface area contributed by atoms with Crippen molar-refractivity contribution in [3.63, 3.8) is 0 Å². The number of carbonyl (C=O) groups is 2. The summed E-state index contributed by atoms with van der Waals surface area (Å²) in [6.07, 6.45) is 0.165. The minimum absolute atomic E-state index is 0.0746. The number of hydrogen-bond donors (Lipinski definition) is 2. The van der Waals surface area contributed by atoms with E-state index in [1.54, 1.807) is 12.1 Å². The Balaban J connectivity index is 2.17. The third-order valence-electron chi connectivity index (χ3n) is 3.57. The van der Waals surface area contributed by atoms with Gasteiger partial charge in [0.05, 0.1) is 6.54 Å². The predicted molar refractivity (Wildman–Crippen MR) is 73.0 cm³/mol. The Morgan fingerprint density at radius 2 is 2.15 bits per heavy atom. The van der Waals surface area contributed by atoms with Gasteiger partial charge in [0.1, 0.15) is 5.69 Å². The van der Waals surface area contributed by atoms with Crippen molar-refractivity contribution in [1.82, 2.24) is 9.88 Å². The predicted octanol–water partition coefficient (Wildman–Crippen LogP) is 0.267. The fourth-order valence-electron chi connectivity index (χ4n) is 2.22. The second-order valence-electron chi connectivity index (χ2n) is 5.47. The molecule has 0 radical (unpaired) electrons. The number of nitrogens with zero attached hydrogens (tertiary/aromatic N) is 2. The van der Waals surface area contributed by atoms with Crippen LogP contribution >= 0.6 is 0 Å². The molecule has 6 nitrogen and oxygen atoms in total. The lowest BCUT2D eigenvalue weighted by Gasteiger charge is -2.20. The first-order valence-corrected chi connectivity index (χ1v) is 6.62. The molecule has 108 valence electrons. The molecule has 1 aromatic heterocycles. The van der Waals surface area contributed by atoms with Gasteiger partial charge in [-0.3, -0.25) is 9.59 Å². The summed E-state index contributed by atoms with van der Waals surface area (Å²) in [7, 11) is 0. The van der Waals surface area contributed by atoms with Crippen molar-refractivity contribution in [2.24, 2.45) is 5.73 Å². The van der Waals surface area contributed by atoms with E-state index in [2.05, 4.69) is 4.98 Å². The maximum atomic E-state index is 12.3. The van der Waals surface area contributed by atoms with Gasteiger partial charge in [0.25, 0.3) is 11.8 Å². The van der Waals surface area contributed by atoms with Crippen LogP contribution in [0.1, 0.15) is 42.4 Å². The van der Waals surface area contributed by atoms with Crippen molar-refractivity contribution in [3.05, 3.63) is 29.6 Å².